The summed E-state index contributed by atoms with van der Waals surface area (Å²) in [6.45, 7) is 10.2. The molecule has 1 unspecified atom stereocenters. The average molecular weight is 315 g/mol. The highest BCUT2D eigenvalue weighted by Crippen LogP contribution is 2.17. The molecule has 0 saturated carbocycles. The van der Waals surface area contributed by atoms with Gasteiger partial charge in [0.05, 0.1) is 30.6 Å². The van der Waals surface area contributed by atoms with Crippen molar-refractivity contribution in [2.75, 3.05) is 38.1 Å². The minimum Gasteiger partial charge on any atom is -0.380 e. The monoisotopic (exact) mass is 314 g/mol. The van der Waals surface area contributed by atoms with E-state index in [0.717, 1.165) is 26.2 Å². The lowest BCUT2D eigenvalue weighted by molar-refractivity contribution is -0.0191. The molecular weight excluding hydrogens is 292 g/mol. The first kappa shape index (κ1) is 16.3. The second-order valence-corrected chi connectivity index (χ2v) is 5.86. The molecule has 0 aliphatic carbocycles. The van der Waals surface area contributed by atoms with E-state index < -0.39 is 0 Å². The van der Waals surface area contributed by atoms with E-state index in [2.05, 4.69) is 22.2 Å². The first-order valence-corrected chi connectivity index (χ1v) is 7.75. The molecule has 1 atom stereocenters. The Morgan fingerprint density at radius 3 is 3.00 bits per heavy atom. The van der Waals surface area contributed by atoms with Gasteiger partial charge in [0.25, 0.3) is 5.56 Å². The lowest BCUT2D eigenvalue weighted by Crippen LogP contribution is -2.45. The Labute approximate surface area is 130 Å². The maximum atomic E-state index is 12.1. The molecule has 1 saturated heterocycles. The van der Waals surface area contributed by atoms with Crippen LogP contribution in [-0.4, -0.2) is 53.6 Å². The molecule has 1 aromatic rings. The van der Waals surface area contributed by atoms with E-state index in [1.807, 2.05) is 13.8 Å². The highest BCUT2D eigenvalue weighted by atomic mass is 35.5. The summed E-state index contributed by atoms with van der Waals surface area (Å²) < 4.78 is 7.09. The third kappa shape index (κ3) is 3.96. The van der Waals surface area contributed by atoms with Gasteiger partial charge in [0.15, 0.2) is 0 Å². The van der Waals surface area contributed by atoms with Crippen molar-refractivity contribution in [3.63, 3.8) is 0 Å². The predicted molar refractivity (Wildman–Crippen MR) is 84.2 cm³/mol. The van der Waals surface area contributed by atoms with E-state index in [4.69, 9.17) is 16.3 Å². The van der Waals surface area contributed by atoms with Gasteiger partial charge >= 0.3 is 0 Å². The molecule has 21 heavy (non-hydrogen) atoms. The zero-order valence-corrected chi connectivity index (χ0v) is 13.6. The Balaban J connectivity index is 2.00. The van der Waals surface area contributed by atoms with Gasteiger partial charge in [-0.25, -0.2) is 4.68 Å². The zero-order valence-electron chi connectivity index (χ0n) is 12.8. The maximum absolute atomic E-state index is 12.1. The minimum atomic E-state index is -0.267. The zero-order chi connectivity index (χ0) is 15.4. The van der Waals surface area contributed by atoms with Gasteiger partial charge in [-0.3, -0.25) is 9.69 Å². The van der Waals surface area contributed by atoms with E-state index in [0.29, 0.717) is 12.2 Å². The summed E-state index contributed by atoms with van der Waals surface area (Å²) >= 11 is 6.13. The van der Waals surface area contributed by atoms with E-state index >= 15 is 0 Å². The van der Waals surface area contributed by atoms with Crippen LogP contribution in [0.15, 0.2) is 11.0 Å². The normalized spacial score (nSPS) is 20.0. The Morgan fingerprint density at radius 2 is 2.33 bits per heavy atom. The molecule has 0 bridgehead atoms. The quantitative estimate of drug-likeness (QED) is 0.895. The SMILES string of the molecule is CCN1CCOC(CNc2cnn(C(C)C)c(=O)c2Cl)C1. The molecule has 1 fully saturated rings. The molecule has 7 heteroatoms. The van der Waals surface area contributed by atoms with E-state index in [1.54, 1.807) is 6.20 Å². The van der Waals surface area contributed by atoms with Crippen molar-refractivity contribution in [3.05, 3.63) is 21.6 Å². The van der Waals surface area contributed by atoms with E-state index in [1.165, 1.54) is 4.68 Å². The fourth-order valence-electron chi connectivity index (χ4n) is 2.35. The van der Waals surface area contributed by atoms with Crippen molar-refractivity contribution < 1.29 is 4.74 Å². The summed E-state index contributed by atoms with van der Waals surface area (Å²) in [5, 5.41) is 7.50. The number of nitrogens with one attached hydrogen (secondary N) is 1. The Morgan fingerprint density at radius 1 is 1.57 bits per heavy atom. The second kappa shape index (κ2) is 7.24. The van der Waals surface area contributed by atoms with Crippen LogP contribution in [0.2, 0.25) is 5.02 Å². The van der Waals surface area contributed by atoms with Gasteiger partial charge in [-0.15, -0.1) is 0 Å². The topological polar surface area (TPSA) is 59.4 Å². The summed E-state index contributed by atoms with van der Waals surface area (Å²) in [4.78, 5) is 14.4. The largest absolute Gasteiger partial charge is 0.380 e. The van der Waals surface area contributed by atoms with Crippen LogP contribution < -0.4 is 10.9 Å². The Kier molecular flexibility index (Phi) is 5.61. The average Bonchev–Trinajstić information content (AvgIpc) is 2.48. The van der Waals surface area contributed by atoms with Crippen molar-refractivity contribution >= 4 is 17.3 Å². The summed E-state index contributed by atoms with van der Waals surface area (Å²) in [5.74, 6) is 0. The van der Waals surface area contributed by atoms with Crippen molar-refractivity contribution in [1.29, 1.82) is 0 Å². The molecule has 1 aromatic heterocycles. The van der Waals surface area contributed by atoms with Gasteiger partial charge in [0.1, 0.15) is 5.02 Å². The summed E-state index contributed by atoms with van der Waals surface area (Å²) in [7, 11) is 0. The van der Waals surface area contributed by atoms with Crippen molar-refractivity contribution in [2.24, 2.45) is 0 Å². The highest BCUT2D eigenvalue weighted by molar-refractivity contribution is 6.32. The summed E-state index contributed by atoms with van der Waals surface area (Å²) in [6, 6.07) is -0.0103. The van der Waals surface area contributed by atoms with Gasteiger partial charge in [-0.1, -0.05) is 18.5 Å². The molecule has 1 aliphatic rings. The smallest absolute Gasteiger partial charge is 0.287 e. The third-order valence-corrected chi connectivity index (χ3v) is 3.99. The first-order valence-electron chi connectivity index (χ1n) is 7.38. The van der Waals surface area contributed by atoms with Crippen molar-refractivity contribution in [3.8, 4) is 0 Å². The fourth-order valence-corrected chi connectivity index (χ4v) is 2.55. The number of aromatic nitrogens is 2. The van der Waals surface area contributed by atoms with Gasteiger partial charge in [0, 0.05) is 19.6 Å². The maximum Gasteiger partial charge on any atom is 0.287 e. The number of morpholine rings is 1. The highest BCUT2D eigenvalue weighted by Gasteiger charge is 2.20. The van der Waals surface area contributed by atoms with Gasteiger partial charge in [-0.05, 0) is 20.4 Å². The number of rotatable bonds is 5. The standard InChI is InChI=1S/C14H23ClN4O2/c1-4-18-5-6-21-11(9-18)7-16-12-8-17-19(10(2)3)14(20)13(12)15/h8,10-11,16H,4-7,9H2,1-3H3. The van der Waals surface area contributed by atoms with Crippen molar-refractivity contribution in [2.45, 2.75) is 32.9 Å². The van der Waals surface area contributed by atoms with Crippen LogP contribution in [0.4, 0.5) is 5.69 Å². The summed E-state index contributed by atoms with van der Waals surface area (Å²) in [6.07, 6.45) is 1.70. The molecule has 0 aromatic carbocycles. The molecule has 0 amide bonds. The van der Waals surface area contributed by atoms with E-state index in [-0.39, 0.29) is 22.7 Å². The van der Waals surface area contributed by atoms with Crippen LogP contribution in [0.25, 0.3) is 0 Å². The number of hydrogen-bond acceptors (Lipinski definition) is 5. The van der Waals surface area contributed by atoms with Crippen LogP contribution in [0, 0.1) is 0 Å². The molecular formula is C14H23ClN4O2. The Hall–Kier alpha value is -1.11. The first-order chi connectivity index (χ1) is 10.0. The fraction of sp³-hybridized carbons (Fsp3) is 0.714. The number of likely N-dealkylation sites (N-methyl/N-ethyl adjacent to an activating group) is 1. The minimum absolute atomic E-state index is 0.0103. The molecule has 1 aliphatic heterocycles. The molecule has 0 radical (unpaired) electrons. The lowest BCUT2D eigenvalue weighted by Gasteiger charge is -2.32. The molecule has 2 rings (SSSR count). The van der Waals surface area contributed by atoms with Crippen LogP contribution in [0.5, 0.6) is 0 Å². The number of halogens is 1. The number of ether oxygens (including phenoxy) is 1. The summed E-state index contributed by atoms with van der Waals surface area (Å²) in [5.41, 5.74) is 0.298. The lowest BCUT2D eigenvalue weighted by atomic mass is 10.2. The van der Waals surface area contributed by atoms with Gasteiger partial charge in [0.2, 0.25) is 0 Å². The number of hydrogen-bond donors (Lipinski definition) is 1. The molecule has 118 valence electrons. The predicted octanol–water partition coefficient (Wildman–Crippen LogP) is 1.61. The number of anilines is 1. The Bertz CT molecular complexity index is 532. The van der Waals surface area contributed by atoms with Gasteiger partial charge < -0.3 is 10.1 Å². The molecule has 0 spiro atoms. The molecule has 2 heterocycles. The van der Waals surface area contributed by atoms with Crippen LogP contribution in [-0.2, 0) is 4.74 Å². The third-order valence-electron chi connectivity index (χ3n) is 3.62. The van der Waals surface area contributed by atoms with Crippen LogP contribution in [0.3, 0.4) is 0 Å². The molecule has 6 nitrogen and oxygen atoms in total. The number of nitrogens with zero attached hydrogens (tertiary/aromatic N) is 3. The second-order valence-electron chi connectivity index (χ2n) is 5.48. The van der Waals surface area contributed by atoms with Gasteiger partial charge in [-0.2, -0.15) is 5.10 Å². The molecule has 1 N–H and O–H groups in total. The van der Waals surface area contributed by atoms with E-state index in [9.17, 15) is 4.79 Å². The van der Waals surface area contributed by atoms with Crippen LogP contribution >= 0.6 is 11.6 Å². The van der Waals surface area contributed by atoms with Crippen molar-refractivity contribution in [1.82, 2.24) is 14.7 Å². The van der Waals surface area contributed by atoms with Crippen LogP contribution in [0.1, 0.15) is 26.8 Å².